The van der Waals surface area contributed by atoms with Crippen LogP contribution in [-0.2, 0) is 0 Å². The molecule has 0 saturated carbocycles. The minimum absolute atomic E-state index is 0.113. The molecular weight excluding hydrogens is 268 g/mol. The maximum Gasteiger partial charge on any atom is 0.159 e. The molecule has 1 unspecified atom stereocenters. The van der Waals surface area contributed by atoms with Gasteiger partial charge in [0.15, 0.2) is 5.78 Å². The molecule has 0 aromatic heterocycles. The summed E-state index contributed by atoms with van der Waals surface area (Å²) in [5.74, 6) is 2.52. The van der Waals surface area contributed by atoms with Crippen LogP contribution in [0.5, 0.6) is 5.75 Å². The second-order valence-electron chi connectivity index (χ2n) is 4.94. The van der Waals surface area contributed by atoms with E-state index in [-0.39, 0.29) is 5.78 Å². The van der Waals surface area contributed by atoms with E-state index < -0.39 is 0 Å². The zero-order chi connectivity index (χ0) is 13.9. The monoisotopic (exact) mass is 284 g/mol. The minimum atomic E-state index is 0.113. The summed E-state index contributed by atoms with van der Waals surface area (Å²) >= 11 is 1.78. The van der Waals surface area contributed by atoms with Gasteiger partial charge in [0.2, 0.25) is 0 Å². The molecule has 0 amide bonds. The van der Waals surface area contributed by atoms with Crippen molar-refractivity contribution in [2.45, 2.75) is 17.7 Å². The van der Waals surface area contributed by atoms with E-state index >= 15 is 0 Å². The predicted octanol–water partition coefficient (Wildman–Crippen LogP) is 4.16. The lowest BCUT2D eigenvalue weighted by molar-refractivity contribution is 0.101. The van der Waals surface area contributed by atoms with Crippen LogP contribution in [0.4, 0.5) is 0 Å². The number of thioether (sulfide) groups is 1. The van der Waals surface area contributed by atoms with Crippen molar-refractivity contribution < 1.29 is 9.53 Å². The number of hydrogen-bond acceptors (Lipinski definition) is 3. The Hall–Kier alpha value is -1.74. The number of Topliss-reactive ketones (excluding diaryl/α,β-unsaturated/α-hetero) is 1. The summed E-state index contributed by atoms with van der Waals surface area (Å²) in [5.41, 5.74) is 2.07. The van der Waals surface area contributed by atoms with Crippen molar-refractivity contribution in [3.05, 3.63) is 59.7 Å². The van der Waals surface area contributed by atoms with Crippen LogP contribution in [0.2, 0.25) is 0 Å². The molecule has 102 valence electrons. The predicted molar refractivity (Wildman–Crippen MR) is 81.8 cm³/mol. The van der Waals surface area contributed by atoms with Gasteiger partial charge in [-0.05, 0) is 25.1 Å². The average Bonchev–Trinajstić information content (AvgIpc) is 2.89. The van der Waals surface area contributed by atoms with Gasteiger partial charge in [-0.3, -0.25) is 4.79 Å². The summed E-state index contributed by atoms with van der Waals surface area (Å²) in [6.45, 7) is 2.35. The Morgan fingerprint density at radius 2 is 2.10 bits per heavy atom. The number of para-hydroxylation sites is 1. The van der Waals surface area contributed by atoms with E-state index in [0.29, 0.717) is 5.92 Å². The van der Waals surface area contributed by atoms with Crippen LogP contribution >= 0.6 is 11.8 Å². The summed E-state index contributed by atoms with van der Waals surface area (Å²) in [5, 5.41) is 0. The number of hydrogen-bond donors (Lipinski definition) is 0. The molecule has 1 atom stereocenters. The van der Waals surface area contributed by atoms with E-state index in [4.69, 9.17) is 4.74 Å². The third-order valence-electron chi connectivity index (χ3n) is 3.49. The highest BCUT2D eigenvalue weighted by Gasteiger charge is 2.23. The van der Waals surface area contributed by atoms with Crippen LogP contribution in [-0.4, -0.2) is 18.1 Å². The van der Waals surface area contributed by atoms with E-state index in [2.05, 4.69) is 18.2 Å². The highest BCUT2D eigenvalue weighted by atomic mass is 32.2. The fraction of sp³-hybridized carbons (Fsp3) is 0.235. The van der Waals surface area contributed by atoms with Crippen LogP contribution in [0, 0.1) is 0 Å². The maximum atomic E-state index is 11.4. The SMILES string of the molecule is CC(=O)c1cccc(SCC2COc3ccccc32)c1. The van der Waals surface area contributed by atoms with E-state index in [1.807, 2.05) is 30.3 Å². The van der Waals surface area contributed by atoms with Gasteiger partial charge in [0.25, 0.3) is 0 Å². The average molecular weight is 284 g/mol. The van der Waals surface area contributed by atoms with Crippen molar-refractivity contribution in [1.82, 2.24) is 0 Å². The van der Waals surface area contributed by atoms with Gasteiger partial charge in [-0.2, -0.15) is 0 Å². The van der Waals surface area contributed by atoms with Gasteiger partial charge in [0.05, 0.1) is 6.61 Å². The molecule has 1 heterocycles. The number of rotatable bonds is 4. The topological polar surface area (TPSA) is 26.3 Å². The standard InChI is InChI=1S/C17H16O2S/c1-12(18)13-5-4-6-15(9-13)20-11-14-10-19-17-8-3-2-7-16(14)17/h2-9,14H,10-11H2,1H3. The summed E-state index contributed by atoms with van der Waals surface area (Å²) in [6.07, 6.45) is 0. The lowest BCUT2D eigenvalue weighted by Crippen LogP contribution is -2.03. The minimum Gasteiger partial charge on any atom is -0.493 e. The molecule has 0 bridgehead atoms. The van der Waals surface area contributed by atoms with Gasteiger partial charge in [0, 0.05) is 27.7 Å². The molecule has 3 rings (SSSR count). The molecule has 2 nitrogen and oxygen atoms in total. The summed E-state index contributed by atoms with van der Waals surface area (Å²) < 4.78 is 5.69. The molecule has 0 aliphatic carbocycles. The Morgan fingerprint density at radius 1 is 1.25 bits per heavy atom. The molecule has 0 radical (unpaired) electrons. The van der Waals surface area contributed by atoms with Crippen molar-refractivity contribution in [2.75, 3.05) is 12.4 Å². The molecule has 1 aliphatic heterocycles. The molecule has 0 fully saturated rings. The van der Waals surface area contributed by atoms with Gasteiger partial charge < -0.3 is 4.74 Å². The number of ether oxygens (including phenoxy) is 1. The zero-order valence-electron chi connectivity index (χ0n) is 11.3. The van der Waals surface area contributed by atoms with E-state index in [0.717, 1.165) is 28.6 Å². The first-order valence-corrected chi connectivity index (χ1v) is 7.68. The molecule has 0 saturated heterocycles. The number of ketones is 1. The van der Waals surface area contributed by atoms with Gasteiger partial charge >= 0.3 is 0 Å². The smallest absolute Gasteiger partial charge is 0.159 e. The molecule has 2 aromatic rings. The van der Waals surface area contributed by atoms with E-state index in [1.54, 1.807) is 18.7 Å². The first kappa shape index (κ1) is 13.3. The normalized spacial score (nSPS) is 16.6. The zero-order valence-corrected chi connectivity index (χ0v) is 12.2. The molecule has 1 aliphatic rings. The van der Waals surface area contributed by atoms with Crippen LogP contribution in [0.1, 0.15) is 28.8 Å². The van der Waals surface area contributed by atoms with Crippen molar-refractivity contribution >= 4 is 17.5 Å². The van der Waals surface area contributed by atoms with E-state index in [1.165, 1.54) is 5.56 Å². The van der Waals surface area contributed by atoms with Crippen molar-refractivity contribution in [3.63, 3.8) is 0 Å². The Kier molecular flexibility index (Phi) is 3.79. The Bertz CT molecular complexity index is 636. The fourth-order valence-electron chi connectivity index (χ4n) is 2.37. The number of carbonyl (C=O) groups excluding carboxylic acids is 1. The lowest BCUT2D eigenvalue weighted by atomic mass is 10.0. The summed E-state index contributed by atoms with van der Waals surface area (Å²) in [6, 6.07) is 16.0. The fourth-order valence-corrected chi connectivity index (χ4v) is 3.42. The number of fused-ring (bicyclic) bond motifs is 1. The largest absolute Gasteiger partial charge is 0.493 e. The van der Waals surface area contributed by atoms with E-state index in [9.17, 15) is 4.79 Å². The summed E-state index contributed by atoms with van der Waals surface area (Å²) in [7, 11) is 0. The highest BCUT2D eigenvalue weighted by molar-refractivity contribution is 7.99. The van der Waals surface area contributed by atoms with Crippen LogP contribution < -0.4 is 4.74 Å². The Labute approximate surface area is 123 Å². The molecular formula is C17H16O2S. The molecule has 0 N–H and O–H groups in total. The molecule has 20 heavy (non-hydrogen) atoms. The van der Waals surface area contributed by atoms with Gasteiger partial charge in [0.1, 0.15) is 5.75 Å². The van der Waals surface area contributed by atoms with Crippen molar-refractivity contribution in [1.29, 1.82) is 0 Å². The van der Waals surface area contributed by atoms with Crippen molar-refractivity contribution in [3.8, 4) is 5.75 Å². The lowest BCUT2D eigenvalue weighted by Gasteiger charge is -2.09. The van der Waals surface area contributed by atoms with Gasteiger partial charge in [-0.1, -0.05) is 30.3 Å². The van der Waals surface area contributed by atoms with Crippen LogP contribution in [0.25, 0.3) is 0 Å². The third kappa shape index (κ3) is 2.73. The van der Waals surface area contributed by atoms with Crippen LogP contribution in [0.3, 0.4) is 0 Å². The first-order valence-electron chi connectivity index (χ1n) is 6.69. The third-order valence-corrected chi connectivity index (χ3v) is 4.65. The Morgan fingerprint density at radius 3 is 2.95 bits per heavy atom. The van der Waals surface area contributed by atoms with Crippen LogP contribution in [0.15, 0.2) is 53.4 Å². The summed E-state index contributed by atoms with van der Waals surface area (Å²) in [4.78, 5) is 12.5. The van der Waals surface area contributed by atoms with Gasteiger partial charge in [-0.25, -0.2) is 0 Å². The molecule has 3 heteroatoms. The highest BCUT2D eigenvalue weighted by Crippen LogP contribution is 2.36. The molecule has 2 aromatic carbocycles. The quantitative estimate of drug-likeness (QED) is 0.623. The maximum absolute atomic E-state index is 11.4. The van der Waals surface area contributed by atoms with Crippen molar-refractivity contribution in [2.24, 2.45) is 0 Å². The number of benzene rings is 2. The first-order chi connectivity index (χ1) is 9.74. The molecule has 0 spiro atoms. The second kappa shape index (κ2) is 5.71. The van der Waals surface area contributed by atoms with Gasteiger partial charge in [-0.15, -0.1) is 11.8 Å². The number of carbonyl (C=O) groups is 1. The second-order valence-corrected chi connectivity index (χ2v) is 6.03. The Balaban J connectivity index is 1.69.